The van der Waals surface area contributed by atoms with Crippen molar-refractivity contribution in [2.24, 2.45) is 5.92 Å². The average molecular weight is 375 g/mol. The van der Waals surface area contributed by atoms with Crippen molar-refractivity contribution in [2.45, 2.75) is 32.2 Å². The van der Waals surface area contributed by atoms with Crippen LogP contribution in [0.4, 0.5) is 5.13 Å². The van der Waals surface area contributed by atoms with Gasteiger partial charge in [-0.3, -0.25) is 4.79 Å². The molecule has 0 bridgehead atoms. The summed E-state index contributed by atoms with van der Waals surface area (Å²) in [6.07, 6.45) is 2.72. The molecule has 2 aliphatic rings. The SMILES string of the molecule is CCOc1ccc2nc(N3CCC(C(=O)NC4CCOCC4)C3)sc2c1. The van der Waals surface area contributed by atoms with Crippen LogP contribution >= 0.6 is 11.3 Å². The van der Waals surface area contributed by atoms with Crippen molar-refractivity contribution in [1.29, 1.82) is 0 Å². The molecular weight excluding hydrogens is 350 g/mol. The minimum absolute atomic E-state index is 0.0452. The van der Waals surface area contributed by atoms with E-state index in [1.165, 1.54) is 0 Å². The van der Waals surface area contributed by atoms with E-state index >= 15 is 0 Å². The highest BCUT2D eigenvalue weighted by Crippen LogP contribution is 2.34. The molecule has 1 atom stereocenters. The molecule has 1 N–H and O–H groups in total. The summed E-state index contributed by atoms with van der Waals surface area (Å²) in [5.41, 5.74) is 0.989. The number of hydrogen-bond acceptors (Lipinski definition) is 6. The molecule has 140 valence electrons. The maximum absolute atomic E-state index is 12.6. The van der Waals surface area contributed by atoms with E-state index in [4.69, 9.17) is 14.5 Å². The number of ether oxygens (including phenoxy) is 2. The number of thiazole rings is 1. The summed E-state index contributed by atoms with van der Waals surface area (Å²) in [4.78, 5) is 19.5. The van der Waals surface area contributed by atoms with Gasteiger partial charge in [0, 0.05) is 32.3 Å². The maximum atomic E-state index is 12.6. The first-order valence-corrected chi connectivity index (χ1v) is 10.2. The van der Waals surface area contributed by atoms with E-state index in [1.807, 2.05) is 25.1 Å². The highest BCUT2D eigenvalue weighted by Gasteiger charge is 2.31. The second-order valence-electron chi connectivity index (χ2n) is 6.89. The largest absolute Gasteiger partial charge is 0.494 e. The Morgan fingerprint density at radius 2 is 2.23 bits per heavy atom. The summed E-state index contributed by atoms with van der Waals surface area (Å²) >= 11 is 1.67. The molecule has 0 radical (unpaired) electrons. The average Bonchev–Trinajstić information content (AvgIpc) is 3.29. The number of fused-ring (bicyclic) bond motifs is 1. The predicted molar refractivity (Wildman–Crippen MR) is 103 cm³/mol. The highest BCUT2D eigenvalue weighted by atomic mass is 32.1. The third kappa shape index (κ3) is 3.78. The van der Waals surface area contributed by atoms with E-state index in [0.29, 0.717) is 6.61 Å². The number of anilines is 1. The van der Waals surface area contributed by atoms with Crippen LogP contribution in [0.5, 0.6) is 5.75 Å². The Labute approximate surface area is 157 Å². The Kier molecular flexibility index (Phi) is 5.26. The zero-order valence-electron chi connectivity index (χ0n) is 15.1. The smallest absolute Gasteiger partial charge is 0.225 e. The lowest BCUT2D eigenvalue weighted by molar-refractivity contribution is -0.125. The fourth-order valence-corrected chi connectivity index (χ4v) is 4.62. The molecule has 0 spiro atoms. The third-order valence-electron chi connectivity index (χ3n) is 5.06. The summed E-state index contributed by atoms with van der Waals surface area (Å²) in [6, 6.07) is 6.28. The van der Waals surface area contributed by atoms with Crippen molar-refractivity contribution in [1.82, 2.24) is 10.3 Å². The summed E-state index contributed by atoms with van der Waals surface area (Å²) in [6.45, 7) is 5.76. The van der Waals surface area contributed by atoms with E-state index in [9.17, 15) is 4.79 Å². The first kappa shape index (κ1) is 17.5. The molecule has 2 aromatic rings. The van der Waals surface area contributed by atoms with Crippen molar-refractivity contribution in [3.63, 3.8) is 0 Å². The molecule has 6 nitrogen and oxygen atoms in total. The molecule has 26 heavy (non-hydrogen) atoms. The summed E-state index contributed by atoms with van der Waals surface area (Å²) in [5, 5.41) is 4.20. The Hall–Kier alpha value is -1.86. The van der Waals surface area contributed by atoms with E-state index in [2.05, 4.69) is 10.2 Å². The minimum atomic E-state index is 0.0452. The lowest BCUT2D eigenvalue weighted by atomic mass is 10.1. The van der Waals surface area contributed by atoms with Gasteiger partial charge in [-0.2, -0.15) is 0 Å². The van der Waals surface area contributed by atoms with E-state index in [-0.39, 0.29) is 17.9 Å². The fourth-order valence-electron chi connectivity index (χ4n) is 3.59. The number of aromatic nitrogens is 1. The number of carbonyl (C=O) groups is 1. The van der Waals surface area contributed by atoms with Gasteiger partial charge in [0.05, 0.1) is 22.7 Å². The van der Waals surface area contributed by atoms with Crippen LogP contribution in [-0.4, -0.2) is 49.8 Å². The van der Waals surface area contributed by atoms with Gasteiger partial charge in [-0.25, -0.2) is 4.98 Å². The second kappa shape index (κ2) is 7.80. The molecule has 1 unspecified atom stereocenters. The lowest BCUT2D eigenvalue weighted by Gasteiger charge is -2.24. The summed E-state index contributed by atoms with van der Waals surface area (Å²) in [5.74, 6) is 1.10. The number of nitrogens with one attached hydrogen (secondary N) is 1. The van der Waals surface area contributed by atoms with Crippen molar-refractivity contribution < 1.29 is 14.3 Å². The fraction of sp³-hybridized carbons (Fsp3) is 0.579. The van der Waals surface area contributed by atoms with Crippen LogP contribution in [0.1, 0.15) is 26.2 Å². The Morgan fingerprint density at radius 3 is 3.04 bits per heavy atom. The van der Waals surface area contributed by atoms with Gasteiger partial charge in [0.2, 0.25) is 5.91 Å². The Bertz CT molecular complexity index is 772. The monoisotopic (exact) mass is 375 g/mol. The molecule has 3 heterocycles. The molecule has 2 aliphatic heterocycles. The van der Waals surface area contributed by atoms with Gasteiger partial charge in [0.15, 0.2) is 5.13 Å². The topological polar surface area (TPSA) is 63.7 Å². The van der Waals surface area contributed by atoms with Crippen LogP contribution in [-0.2, 0) is 9.53 Å². The zero-order valence-corrected chi connectivity index (χ0v) is 15.9. The molecule has 0 aliphatic carbocycles. The molecule has 4 rings (SSSR count). The van der Waals surface area contributed by atoms with Crippen molar-refractivity contribution in [2.75, 3.05) is 37.8 Å². The number of carbonyl (C=O) groups excluding carboxylic acids is 1. The van der Waals surface area contributed by atoms with Gasteiger partial charge in [-0.05, 0) is 44.4 Å². The molecular formula is C19H25N3O3S. The number of rotatable bonds is 5. The first-order valence-electron chi connectivity index (χ1n) is 9.39. The molecule has 0 saturated carbocycles. The normalized spacial score (nSPS) is 21.3. The Morgan fingerprint density at radius 1 is 1.38 bits per heavy atom. The number of nitrogens with zero attached hydrogens (tertiary/aromatic N) is 2. The van der Waals surface area contributed by atoms with Gasteiger partial charge < -0.3 is 19.7 Å². The van der Waals surface area contributed by atoms with Crippen molar-refractivity contribution in [3.05, 3.63) is 18.2 Å². The predicted octanol–water partition coefficient (Wildman–Crippen LogP) is 2.82. The van der Waals surface area contributed by atoms with Crippen LogP contribution in [0.2, 0.25) is 0 Å². The van der Waals surface area contributed by atoms with E-state index < -0.39 is 0 Å². The standard InChI is InChI=1S/C19H25N3O3S/c1-2-25-15-3-4-16-17(11-15)26-19(21-16)22-8-5-13(12-22)18(23)20-14-6-9-24-10-7-14/h3-4,11,13-14H,2,5-10,12H2,1H3,(H,20,23). The summed E-state index contributed by atoms with van der Waals surface area (Å²) < 4.78 is 12.1. The maximum Gasteiger partial charge on any atom is 0.225 e. The highest BCUT2D eigenvalue weighted by molar-refractivity contribution is 7.22. The molecule has 2 fully saturated rings. The molecule has 1 amide bonds. The van der Waals surface area contributed by atoms with Gasteiger partial charge in [-0.1, -0.05) is 11.3 Å². The third-order valence-corrected chi connectivity index (χ3v) is 6.14. The van der Waals surface area contributed by atoms with E-state index in [1.54, 1.807) is 11.3 Å². The lowest BCUT2D eigenvalue weighted by Crippen LogP contribution is -2.42. The molecule has 7 heteroatoms. The van der Waals surface area contributed by atoms with Crippen LogP contribution in [0.15, 0.2) is 18.2 Å². The van der Waals surface area contributed by atoms with Gasteiger partial charge >= 0.3 is 0 Å². The number of amides is 1. The zero-order chi connectivity index (χ0) is 17.9. The first-order chi connectivity index (χ1) is 12.7. The van der Waals surface area contributed by atoms with Crippen LogP contribution in [0.3, 0.4) is 0 Å². The van der Waals surface area contributed by atoms with Gasteiger partial charge in [0.25, 0.3) is 0 Å². The number of benzene rings is 1. The number of hydrogen-bond donors (Lipinski definition) is 1. The van der Waals surface area contributed by atoms with E-state index in [0.717, 1.165) is 66.7 Å². The van der Waals surface area contributed by atoms with Gasteiger partial charge in [0.1, 0.15) is 5.75 Å². The van der Waals surface area contributed by atoms with Crippen LogP contribution < -0.4 is 15.0 Å². The van der Waals surface area contributed by atoms with Gasteiger partial charge in [-0.15, -0.1) is 0 Å². The Balaban J connectivity index is 1.39. The minimum Gasteiger partial charge on any atom is -0.494 e. The van der Waals surface area contributed by atoms with Crippen molar-refractivity contribution in [3.8, 4) is 5.75 Å². The molecule has 1 aromatic heterocycles. The molecule has 2 saturated heterocycles. The van der Waals surface area contributed by atoms with Crippen LogP contribution in [0.25, 0.3) is 10.2 Å². The van der Waals surface area contributed by atoms with Crippen LogP contribution in [0, 0.1) is 5.92 Å². The summed E-state index contributed by atoms with van der Waals surface area (Å²) in [7, 11) is 0. The quantitative estimate of drug-likeness (QED) is 0.871. The second-order valence-corrected chi connectivity index (χ2v) is 7.89. The van der Waals surface area contributed by atoms with Crippen molar-refractivity contribution >= 4 is 32.6 Å². The molecule has 1 aromatic carbocycles.